The van der Waals surface area contributed by atoms with Crippen molar-refractivity contribution in [2.45, 2.75) is 13.8 Å². The topological polar surface area (TPSA) is 74.6 Å². The molecule has 0 spiro atoms. The third-order valence-corrected chi connectivity index (χ3v) is 2.81. The highest BCUT2D eigenvalue weighted by Gasteiger charge is 2.13. The molecule has 2 aromatic rings. The summed E-state index contributed by atoms with van der Waals surface area (Å²) in [5.74, 6) is -2.46. The molecule has 4 heteroatoms. The molecular formula is C16H16O4. The maximum atomic E-state index is 10.5. The molecule has 0 aliphatic heterocycles. The Morgan fingerprint density at radius 3 is 1.25 bits per heavy atom. The Balaban J connectivity index is 0.000000217. The van der Waals surface area contributed by atoms with Crippen molar-refractivity contribution in [1.29, 1.82) is 0 Å². The fourth-order valence-electron chi connectivity index (χ4n) is 1.52. The van der Waals surface area contributed by atoms with Crippen molar-refractivity contribution < 1.29 is 19.8 Å². The highest BCUT2D eigenvalue weighted by molar-refractivity contribution is 6.01. The first-order valence-corrected chi connectivity index (χ1v) is 6.01. The number of aryl methyl sites for hydroxylation is 2. The molecule has 4 nitrogen and oxygen atoms in total. The monoisotopic (exact) mass is 272 g/mol. The van der Waals surface area contributed by atoms with Gasteiger partial charge in [0, 0.05) is 0 Å². The van der Waals surface area contributed by atoms with E-state index in [-0.39, 0.29) is 11.1 Å². The highest BCUT2D eigenvalue weighted by Crippen LogP contribution is 2.07. The lowest BCUT2D eigenvalue weighted by molar-refractivity contribution is 0.0651. The molecule has 0 saturated heterocycles. The number of benzene rings is 2. The van der Waals surface area contributed by atoms with Gasteiger partial charge >= 0.3 is 11.9 Å². The number of hydrogen-bond donors (Lipinski definition) is 2. The maximum Gasteiger partial charge on any atom is 0.336 e. The van der Waals surface area contributed by atoms with Crippen LogP contribution in [0.5, 0.6) is 0 Å². The van der Waals surface area contributed by atoms with Gasteiger partial charge in [-0.3, -0.25) is 0 Å². The minimum Gasteiger partial charge on any atom is -0.478 e. The second-order valence-electron chi connectivity index (χ2n) is 4.24. The van der Waals surface area contributed by atoms with Gasteiger partial charge in [-0.25, -0.2) is 9.59 Å². The minimum atomic E-state index is -1.23. The van der Waals surface area contributed by atoms with E-state index < -0.39 is 11.9 Å². The first-order valence-electron chi connectivity index (χ1n) is 6.01. The molecule has 2 rings (SSSR count). The van der Waals surface area contributed by atoms with Crippen molar-refractivity contribution >= 4 is 11.9 Å². The van der Waals surface area contributed by atoms with Crippen LogP contribution in [0.15, 0.2) is 48.5 Å². The number of carboxylic acids is 2. The van der Waals surface area contributed by atoms with E-state index in [0.29, 0.717) is 0 Å². The van der Waals surface area contributed by atoms with Gasteiger partial charge in [-0.1, -0.05) is 36.4 Å². The molecule has 20 heavy (non-hydrogen) atoms. The molecule has 2 N–H and O–H groups in total. The Bertz CT molecular complexity index is 563. The Morgan fingerprint density at radius 1 is 0.700 bits per heavy atom. The predicted molar refractivity (Wildman–Crippen MR) is 76.3 cm³/mol. The van der Waals surface area contributed by atoms with E-state index >= 15 is 0 Å². The van der Waals surface area contributed by atoms with Crippen molar-refractivity contribution in [3.05, 3.63) is 70.8 Å². The van der Waals surface area contributed by atoms with E-state index in [1.807, 2.05) is 0 Å². The van der Waals surface area contributed by atoms with Crippen LogP contribution in [0.4, 0.5) is 0 Å². The van der Waals surface area contributed by atoms with Crippen molar-refractivity contribution in [1.82, 2.24) is 0 Å². The summed E-state index contributed by atoms with van der Waals surface area (Å²) in [5.41, 5.74) is 2.36. The molecule has 0 unspecified atom stereocenters. The summed E-state index contributed by atoms with van der Waals surface area (Å²) < 4.78 is 0. The summed E-state index contributed by atoms with van der Waals surface area (Å²) in [4.78, 5) is 20.9. The van der Waals surface area contributed by atoms with Crippen LogP contribution < -0.4 is 0 Å². The van der Waals surface area contributed by atoms with Gasteiger partial charge in [0.2, 0.25) is 0 Å². The molecule has 2 aromatic carbocycles. The number of rotatable bonds is 2. The molecule has 0 atom stereocenters. The number of carbonyl (C=O) groups is 2. The predicted octanol–water partition coefficient (Wildman–Crippen LogP) is 3.39. The Morgan fingerprint density at radius 2 is 1.00 bits per heavy atom. The number of carboxylic acid groups (broad SMARTS) is 2. The molecule has 0 radical (unpaired) electrons. The smallest absolute Gasteiger partial charge is 0.336 e. The fraction of sp³-hybridized carbons (Fsp3) is 0.125. The van der Waals surface area contributed by atoms with Gasteiger partial charge in [-0.2, -0.15) is 0 Å². The van der Waals surface area contributed by atoms with E-state index in [9.17, 15) is 9.59 Å². The molecule has 0 saturated carbocycles. The SMILES string of the molecule is Cc1ccccc1C.O=C(O)c1ccccc1C(=O)O. The minimum absolute atomic E-state index is 0.190. The van der Waals surface area contributed by atoms with Gasteiger partial charge in [0.05, 0.1) is 11.1 Å². The third kappa shape index (κ3) is 4.24. The van der Waals surface area contributed by atoms with Crippen LogP contribution in [-0.4, -0.2) is 22.2 Å². The van der Waals surface area contributed by atoms with Crippen LogP contribution >= 0.6 is 0 Å². The molecule has 0 aliphatic carbocycles. The summed E-state index contributed by atoms with van der Waals surface area (Å²) in [7, 11) is 0. The first kappa shape index (κ1) is 15.4. The first-order chi connectivity index (χ1) is 9.43. The van der Waals surface area contributed by atoms with Crippen molar-refractivity contribution in [2.24, 2.45) is 0 Å². The van der Waals surface area contributed by atoms with Gasteiger partial charge < -0.3 is 10.2 Å². The lowest BCUT2D eigenvalue weighted by Crippen LogP contribution is -2.06. The summed E-state index contributed by atoms with van der Waals surface area (Å²) in [6, 6.07) is 13.8. The normalized spacial score (nSPS) is 9.30. The average molecular weight is 272 g/mol. The number of aromatic carboxylic acids is 2. The van der Waals surface area contributed by atoms with Gasteiger partial charge in [-0.05, 0) is 37.1 Å². The molecule has 0 bridgehead atoms. The van der Waals surface area contributed by atoms with Crippen LogP contribution in [0.3, 0.4) is 0 Å². The molecule has 0 amide bonds. The molecule has 104 valence electrons. The van der Waals surface area contributed by atoms with E-state index in [1.54, 1.807) is 0 Å². The second-order valence-corrected chi connectivity index (χ2v) is 4.24. The second kappa shape index (κ2) is 7.09. The summed E-state index contributed by atoms with van der Waals surface area (Å²) in [6.07, 6.45) is 0. The van der Waals surface area contributed by atoms with Gasteiger partial charge in [0.25, 0.3) is 0 Å². The zero-order chi connectivity index (χ0) is 15.1. The van der Waals surface area contributed by atoms with Gasteiger partial charge in [-0.15, -0.1) is 0 Å². The molecular weight excluding hydrogens is 256 g/mol. The maximum absolute atomic E-state index is 10.5. The van der Waals surface area contributed by atoms with Crippen molar-refractivity contribution in [3.8, 4) is 0 Å². The standard InChI is InChI=1S/C8H6O4.C8H10/c9-7(10)5-3-1-2-4-6(5)8(11)12;1-7-5-3-4-6-8(7)2/h1-4H,(H,9,10)(H,11,12);3-6H,1-2H3. The quantitative estimate of drug-likeness (QED) is 0.878. The van der Waals surface area contributed by atoms with E-state index in [4.69, 9.17) is 10.2 Å². The van der Waals surface area contributed by atoms with Crippen molar-refractivity contribution in [3.63, 3.8) is 0 Å². The molecule has 0 fully saturated rings. The largest absolute Gasteiger partial charge is 0.478 e. The fourth-order valence-corrected chi connectivity index (χ4v) is 1.52. The molecule has 0 aliphatic rings. The van der Waals surface area contributed by atoms with Gasteiger partial charge in [0.15, 0.2) is 0 Å². The Kier molecular flexibility index (Phi) is 5.47. The molecule has 0 aromatic heterocycles. The lowest BCUT2D eigenvalue weighted by Gasteiger charge is -1.98. The highest BCUT2D eigenvalue weighted by atomic mass is 16.4. The van der Waals surface area contributed by atoms with Crippen LogP contribution in [0, 0.1) is 13.8 Å². The summed E-state index contributed by atoms with van der Waals surface area (Å²) in [6.45, 7) is 4.24. The van der Waals surface area contributed by atoms with Gasteiger partial charge in [0.1, 0.15) is 0 Å². The zero-order valence-electron chi connectivity index (χ0n) is 11.3. The summed E-state index contributed by atoms with van der Waals surface area (Å²) in [5, 5.41) is 17.1. The van der Waals surface area contributed by atoms with E-state index in [0.717, 1.165) is 0 Å². The van der Waals surface area contributed by atoms with Crippen LogP contribution in [0.1, 0.15) is 31.8 Å². The van der Waals surface area contributed by atoms with E-state index in [2.05, 4.69) is 38.1 Å². The Hall–Kier alpha value is -2.62. The Labute approximate surface area is 117 Å². The van der Waals surface area contributed by atoms with Crippen LogP contribution in [0.2, 0.25) is 0 Å². The van der Waals surface area contributed by atoms with E-state index in [1.165, 1.54) is 35.4 Å². The summed E-state index contributed by atoms with van der Waals surface area (Å²) >= 11 is 0. The zero-order valence-corrected chi connectivity index (χ0v) is 11.3. The third-order valence-electron chi connectivity index (χ3n) is 2.81. The average Bonchev–Trinajstić information content (AvgIpc) is 2.43. The van der Waals surface area contributed by atoms with Crippen LogP contribution in [-0.2, 0) is 0 Å². The lowest BCUT2D eigenvalue weighted by atomic mass is 10.1. The molecule has 0 heterocycles. The van der Waals surface area contributed by atoms with Crippen molar-refractivity contribution in [2.75, 3.05) is 0 Å². The van der Waals surface area contributed by atoms with Crippen LogP contribution in [0.25, 0.3) is 0 Å². The number of hydrogen-bond acceptors (Lipinski definition) is 2.